The number of carbonyl (C=O) groups is 3. The Morgan fingerprint density at radius 3 is 2.33 bits per heavy atom. The van der Waals surface area contributed by atoms with Crippen LogP contribution in [-0.4, -0.2) is 27.8 Å². The van der Waals surface area contributed by atoms with Gasteiger partial charge in [-0.25, -0.2) is 4.79 Å². The van der Waals surface area contributed by atoms with E-state index in [0.29, 0.717) is 15.6 Å². The predicted molar refractivity (Wildman–Crippen MR) is 85.7 cm³/mol. The number of H-pyrrole nitrogens is 1. The Balaban J connectivity index is 1.62. The summed E-state index contributed by atoms with van der Waals surface area (Å²) >= 11 is 5.90. The molecule has 0 saturated carbocycles. The van der Waals surface area contributed by atoms with Gasteiger partial charge >= 0.3 is 5.97 Å². The smallest absolute Gasteiger partial charge is 0.349 e. The molecule has 7 heteroatoms. The summed E-state index contributed by atoms with van der Waals surface area (Å²) in [5.41, 5.74) is 1.18. The molecule has 0 bridgehead atoms. The second-order valence-electron chi connectivity index (χ2n) is 5.24. The van der Waals surface area contributed by atoms with Gasteiger partial charge in [0.05, 0.1) is 11.1 Å². The minimum Gasteiger partial charge on any atom is -0.349 e. The molecule has 0 aliphatic carbocycles. The van der Waals surface area contributed by atoms with Gasteiger partial charge in [0, 0.05) is 15.9 Å². The van der Waals surface area contributed by atoms with E-state index < -0.39 is 17.8 Å². The largest absolute Gasteiger partial charge is 0.380 e. The summed E-state index contributed by atoms with van der Waals surface area (Å²) in [5.74, 6) is -2.16. The molecule has 118 valence electrons. The Morgan fingerprint density at radius 2 is 1.67 bits per heavy atom. The van der Waals surface area contributed by atoms with Gasteiger partial charge in [-0.2, -0.15) is 0 Å². The van der Waals surface area contributed by atoms with E-state index in [1.165, 1.54) is 12.1 Å². The zero-order valence-electron chi connectivity index (χ0n) is 12.1. The molecular formula is C17H9ClN2O4. The molecule has 24 heavy (non-hydrogen) atoms. The van der Waals surface area contributed by atoms with Crippen LogP contribution in [-0.2, 0) is 4.84 Å². The van der Waals surface area contributed by atoms with Crippen molar-refractivity contribution in [3.8, 4) is 0 Å². The zero-order valence-corrected chi connectivity index (χ0v) is 12.8. The number of hydrogen-bond acceptors (Lipinski definition) is 4. The Bertz CT molecular complexity index is 989. The van der Waals surface area contributed by atoms with Crippen molar-refractivity contribution in [2.24, 2.45) is 0 Å². The lowest BCUT2D eigenvalue weighted by Gasteiger charge is -2.11. The van der Waals surface area contributed by atoms with Crippen molar-refractivity contribution < 1.29 is 19.2 Å². The van der Waals surface area contributed by atoms with Crippen LogP contribution in [0, 0.1) is 0 Å². The van der Waals surface area contributed by atoms with Crippen LogP contribution >= 0.6 is 11.6 Å². The molecule has 0 fully saturated rings. The van der Waals surface area contributed by atoms with E-state index >= 15 is 0 Å². The Hall–Kier alpha value is -3.12. The normalized spacial score (nSPS) is 13.5. The van der Waals surface area contributed by atoms with E-state index in [2.05, 4.69) is 4.98 Å². The van der Waals surface area contributed by atoms with Crippen molar-refractivity contribution in [1.29, 1.82) is 0 Å². The third kappa shape index (κ3) is 2.16. The second kappa shape index (κ2) is 5.21. The number of carbonyl (C=O) groups excluding carboxylic acids is 3. The second-order valence-corrected chi connectivity index (χ2v) is 5.68. The maximum Gasteiger partial charge on any atom is 0.380 e. The molecule has 1 N–H and O–H groups in total. The number of aromatic nitrogens is 1. The highest BCUT2D eigenvalue weighted by Gasteiger charge is 2.38. The van der Waals surface area contributed by atoms with Crippen molar-refractivity contribution in [2.45, 2.75) is 0 Å². The van der Waals surface area contributed by atoms with Gasteiger partial charge in [-0.05, 0) is 30.3 Å². The average molecular weight is 341 g/mol. The lowest BCUT2D eigenvalue weighted by Crippen LogP contribution is -2.32. The fourth-order valence-corrected chi connectivity index (χ4v) is 2.76. The molecule has 0 unspecified atom stereocenters. The summed E-state index contributed by atoms with van der Waals surface area (Å²) in [6.45, 7) is 0. The molecule has 1 aliphatic heterocycles. The highest BCUT2D eigenvalue weighted by molar-refractivity contribution is 6.31. The van der Waals surface area contributed by atoms with E-state index in [-0.39, 0.29) is 16.8 Å². The first kappa shape index (κ1) is 14.5. The molecule has 2 aromatic carbocycles. The van der Waals surface area contributed by atoms with Gasteiger partial charge in [-0.1, -0.05) is 34.9 Å². The van der Waals surface area contributed by atoms with Gasteiger partial charge < -0.3 is 9.82 Å². The third-order valence-electron chi connectivity index (χ3n) is 3.74. The van der Waals surface area contributed by atoms with E-state index in [9.17, 15) is 14.4 Å². The number of rotatable bonds is 2. The number of imide groups is 1. The van der Waals surface area contributed by atoms with Crippen LogP contribution in [0.3, 0.4) is 0 Å². The lowest BCUT2D eigenvalue weighted by atomic mass is 10.1. The lowest BCUT2D eigenvalue weighted by molar-refractivity contribution is -0.0587. The summed E-state index contributed by atoms with van der Waals surface area (Å²) in [4.78, 5) is 44.5. The molecule has 2 heterocycles. The number of benzene rings is 2. The third-order valence-corrected chi connectivity index (χ3v) is 3.97. The topological polar surface area (TPSA) is 79.5 Å². The molecule has 0 atom stereocenters. The van der Waals surface area contributed by atoms with Crippen molar-refractivity contribution in [3.63, 3.8) is 0 Å². The number of hydrogen-bond donors (Lipinski definition) is 1. The van der Waals surface area contributed by atoms with Crippen molar-refractivity contribution >= 4 is 40.3 Å². The van der Waals surface area contributed by atoms with Gasteiger partial charge in [0.15, 0.2) is 0 Å². The highest BCUT2D eigenvalue weighted by atomic mass is 35.5. The van der Waals surface area contributed by atoms with Crippen LogP contribution in [0.15, 0.2) is 48.5 Å². The number of nitrogens with one attached hydrogen (secondary N) is 1. The number of aromatic amines is 1. The Kier molecular flexibility index (Phi) is 3.14. The van der Waals surface area contributed by atoms with E-state index in [1.807, 2.05) is 0 Å². The number of hydroxylamine groups is 2. The molecule has 2 amide bonds. The summed E-state index contributed by atoms with van der Waals surface area (Å²) in [6.07, 6.45) is 0. The molecule has 1 aliphatic rings. The number of nitrogens with zero attached hydrogens (tertiary/aromatic N) is 1. The predicted octanol–water partition coefficient (Wildman–Crippen LogP) is 3.19. The van der Waals surface area contributed by atoms with Crippen LogP contribution in [0.4, 0.5) is 0 Å². The van der Waals surface area contributed by atoms with E-state index in [0.717, 1.165) is 5.39 Å². The monoisotopic (exact) mass is 340 g/mol. The number of fused-ring (bicyclic) bond motifs is 2. The Labute approximate surface area is 140 Å². The van der Waals surface area contributed by atoms with E-state index in [4.69, 9.17) is 16.4 Å². The number of amides is 2. The van der Waals surface area contributed by atoms with Crippen molar-refractivity contribution in [3.05, 3.63) is 70.4 Å². The SMILES string of the molecule is O=C(ON1C(=O)c2ccccc2C1=O)c1cc2ccc(Cl)cc2[nH]1. The zero-order chi connectivity index (χ0) is 16.8. The fourth-order valence-electron chi connectivity index (χ4n) is 2.59. The summed E-state index contributed by atoms with van der Waals surface area (Å²) in [5, 5.41) is 1.75. The summed E-state index contributed by atoms with van der Waals surface area (Å²) in [6, 6.07) is 12.9. The summed E-state index contributed by atoms with van der Waals surface area (Å²) in [7, 11) is 0. The van der Waals surface area contributed by atoms with Gasteiger partial charge in [-0.15, -0.1) is 0 Å². The van der Waals surface area contributed by atoms with Crippen molar-refractivity contribution in [2.75, 3.05) is 0 Å². The first-order chi connectivity index (χ1) is 11.5. The maximum atomic E-state index is 12.3. The minimum absolute atomic E-state index is 0.115. The molecular weight excluding hydrogens is 332 g/mol. The fraction of sp³-hybridized carbons (Fsp3) is 0. The van der Waals surface area contributed by atoms with Gasteiger partial charge in [0.2, 0.25) is 0 Å². The van der Waals surface area contributed by atoms with E-state index in [1.54, 1.807) is 36.4 Å². The molecule has 0 saturated heterocycles. The molecule has 3 aromatic rings. The summed E-state index contributed by atoms with van der Waals surface area (Å²) < 4.78 is 0. The first-order valence-electron chi connectivity index (χ1n) is 7.03. The molecule has 4 rings (SSSR count). The molecule has 1 aromatic heterocycles. The van der Waals surface area contributed by atoms with Gasteiger partial charge in [0.1, 0.15) is 5.69 Å². The van der Waals surface area contributed by atoms with Crippen LogP contribution in [0.25, 0.3) is 10.9 Å². The maximum absolute atomic E-state index is 12.3. The van der Waals surface area contributed by atoms with Crippen molar-refractivity contribution in [1.82, 2.24) is 10.0 Å². The quantitative estimate of drug-likeness (QED) is 0.726. The Morgan fingerprint density at radius 1 is 1.00 bits per heavy atom. The van der Waals surface area contributed by atoms with Gasteiger partial charge in [-0.3, -0.25) is 9.59 Å². The van der Waals surface area contributed by atoms with Crippen LogP contribution < -0.4 is 0 Å². The van der Waals surface area contributed by atoms with Crippen LogP contribution in [0.5, 0.6) is 0 Å². The first-order valence-corrected chi connectivity index (χ1v) is 7.41. The van der Waals surface area contributed by atoms with Crippen LogP contribution in [0.2, 0.25) is 5.02 Å². The van der Waals surface area contributed by atoms with Gasteiger partial charge in [0.25, 0.3) is 11.8 Å². The van der Waals surface area contributed by atoms with Crippen LogP contribution in [0.1, 0.15) is 31.2 Å². The molecule has 0 radical (unpaired) electrons. The standard InChI is InChI=1S/C17H9ClN2O4/c18-10-6-5-9-7-14(19-13(9)8-10)17(23)24-20-15(21)11-3-1-2-4-12(11)16(20)22/h1-8,19H. The minimum atomic E-state index is -0.836. The molecule has 6 nitrogen and oxygen atoms in total. The number of halogens is 1. The molecule has 0 spiro atoms. The highest BCUT2D eigenvalue weighted by Crippen LogP contribution is 2.24. The average Bonchev–Trinajstić information content (AvgIpc) is 3.10.